The molecule has 0 saturated carbocycles. The third kappa shape index (κ3) is 4.22. The number of aromatic hydroxyl groups is 1. The fraction of sp³-hybridized carbons (Fsp3) is 0.333. The molecule has 27 heavy (non-hydrogen) atoms. The van der Waals surface area contributed by atoms with Gasteiger partial charge in [-0.2, -0.15) is 0 Å². The van der Waals surface area contributed by atoms with Gasteiger partial charge >= 0.3 is 0 Å². The van der Waals surface area contributed by atoms with E-state index < -0.39 is 0 Å². The molecule has 2 N–H and O–H groups in total. The Morgan fingerprint density at radius 2 is 1.85 bits per heavy atom. The number of aromatic nitrogens is 2. The maximum atomic E-state index is 12.5. The van der Waals surface area contributed by atoms with E-state index in [0.29, 0.717) is 11.4 Å². The Labute approximate surface area is 163 Å². The smallest absolute Gasteiger partial charge is 0.230 e. The summed E-state index contributed by atoms with van der Waals surface area (Å²) in [6.07, 6.45) is 0.162. The molecule has 0 aliphatic carbocycles. The molecule has 0 aliphatic heterocycles. The number of thiazole rings is 1. The monoisotopic (exact) mass is 383 g/mol. The van der Waals surface area contributed by atoms with Crippen molar-refractivity contribution in [1.29, 1.82) is 0 Å². The number of carbonyl (C=O) groups excluding carboxylic acids is 1. The molecule has 0 radical (unpaired) electrons. The first kappa shape index (κ1) is 19.2. The zero-order valence-corrected chi connectivity index (χ0v) is 17.1. The lowest BCUT2D eigenvalue weighted by atomic mass is 9.87. The quantitative estimate of drug-likeness (QED) is 0.640. The minimum absolute atomic E-state index is 0.0638. The highest BCUT2D eigenvalue weighted by Gasteiger charge is 2.17. The Balaban J connectivity index is 1.74. The van der Waals surface area contributed by atoms with E-state index in [0.717, 1.165) is 22.1 Å². The predicted octanol–water partition coefficient (Wildman–Crippen LogP) is 4.73. The molecular weight excluding hydrogens is 358 g/mol. The van der Waals surface area contributed by atoms with Gasteiger partial charge in [0.15, 0.2) is 5.13 Å². The van der Waals surface area contributed by atoms with E-state index in [1.807, 2.05) is 43.5 Å². The number of carbonyl (C=O) groups is 1. The summed E-state index contributed by atoms with van der Waals surface area (Å²) in [5.41, 5.74) is 4.35. The van der Waals surface area contributed by atoms with Crippen LogP contribution in [0.4, 0.5) is 5.69 Å². The van der Waals surface area contributed by atoms with Crippen LogP contribution in [0.1, 0.15) is 43.4 Å². The van der Waals surface area contributed by atoms with Gasteiger partial charge in [-0.3, -0.25) is 9.36 Å². The number of phenols is 1. The Hall–Kier alpha value is -2.60. The average molecular weight is 384 g/mol. The van der Waals surface area contributed by atoms with Crippen LogP contribution in [0, 0.1) is 13.8 Å². The van der Waals surface area contributed by atoms with Gasteiger partial charge in [0.2, 0.25) is 5.91 Å². The molecule has 0 atom stereocenters. The predicted molar refractivity (Wildman–Crippen MR) is 110 cm³/mol. The number of nitrogens with zero attached hydrogens (tertiary/aromatic N) is 2. The number of phenolic OH excluding ortho intramolecular Hbond substituents is 1. The summed E-state index contributed by atoms with van der Waals surface area (Å²) in [7, 11) is 0. The number of amides is 1. The van der Waals surface area contributed by atoms with Gasteiger partial charge in [0.25, 0.3) is 0 Å². The Bertz CT molecular complexity index is 960. The lowest BCUT2D eigenvalue weighted by Crippen LogP contribution is -2.16. The highest BCUT2D eigenvalue weighted by Crippen LogP contribution is 2.31. The zero-order chi connectivity index (χ0) is 19.8. The second kappa shape index (κ2) is 7.19. The molecule has 0 saturated heterocycles. The van der Waals surface area contributed by atoms with Crippen LogP contribution >= 0.6 is 11.3 Å². The van der Waals surface area contributed by atoms with Gasteiger partial charge in [-0.1, -0.05) is 26.8 Å². The SMILES string of the molecule is Cc1ccc(C)n1-c1nc(CC(=O)Nc2cc(C(C)(C)C)ccc2O)cs1. The van der Waals surface area contributed by atoms with Gasteiger partial charge < -0.3 is 10.4 Å². The molecule has 142 valence electrons. The topological polar surface area (TPSA) is 67.2 Å². The lowest BCUT2D eigenvalue weighted by molar-refractivity contribution is -0.115. The molecule has 0 unspecified atom stereocenters. The van der Waals surface area contributed by atoms with E-state index in [4.69, 9.17) is 0 Å². The largest absolute Gasteiger partial charge is 0.506 e. The van der Waals surface area contributed by atoms with Crippen LogP contribution in [0.25, 0.3) is 5.13 Å². The average Bonchev–Trinajstić information content (AvgIpc) is 3.14. The van der Waals surface area contributed by atoms with Crippen molar-refractivity contribution in [2.75, 3.05) is 5.32 Å². The summed E-state index contributed by atoms with van der Waals surface area (Å²) in [6, 6.07) is 9.42. The van der Waals surface area contributed by atoms with Crippen molar-refractivity contribution in [2.24, 2.45) is 0 Å². The first-order valence-corrected chi connectivity index (χ1v) is 9.76. The summed E-state index contributed by atoms with van der Waals surface area (Å²) >= 11 is 1.52. The van der Waals surface area contributed by atoms with E-state index in [9.17, 15) is 9.90 Å². The second-order valence-corrected chi connectivity index (χ2v) is 8.62. The molecule has 2 aromatic heterocycles. The number of anilines is 1. The molecule has 0 spiro atoms. The minimum atomic E-state index is -0.200. The third-order valence-electron chi connectivity index (χ3n) is 4.48. The van der Waals surface area contributed by atoms with Crippen LogP contribution in [0.5, 0.6) is 5.75 Å². The van der Waals surface area contributed by atoms with Gasteiger partial charge in [-0.15, -0.1) is 11.3 Å². The molecule has 0 aliphatic rings. The molecule has 6 heteroatoms. The van der Waals surface area contributed by atoms with Crippen molar-refractivity contribution in [3.63, 3.8) is 0 Å². The molecule has 1 aromatic carbocycles. The summed E-state index contributed by atoms with van der Waals surface area (Å²) in [4.78, 5) is 17.1. The van der Waals surface area contributed by atoms with Crippen molar-refractivity contribution in [1.82, 2.24) is 9.55 Å². The van der Waals surface area contributed by atoms with Gasteiger partial charge in [-0.25, -0.2) is 4.98 Å². The lowest BCUT2D eigenvalue weighted by Gasteiger charge is -2.20. The van der Waals surface area contributed by atoms with E-state index in [1.54, 1.807) is 6.07 Å². The van der Waals surface area contributed by atoms with Crippen LogP contribution in [-0.2, 0) is 16.6 Å². The van der Waals surface area contributed by atoms with Crippen molar-refractivity contribution < 1.29 is 9.90 Å². The second-order valence-electron chi connectivity index (χ2n) is 7.78. The van der Waals surface area contributed by atoms with Crippen molar-refractivity contribution in [3.8, 4) is 10.9 Å². The number of hydrogen-bond acceptors (Lipinski definition) is 4. The van der Waals surface area contributed by atoms with Crippen LogP contribution in [0.2, 0.25) is 0 Å². The molecule has 5 nitrogen and oxygen atoms in total. The maximum Gasteiger partial charge on any atom is 0.230 e. The molecule has 1 amide bonds. The van der Waals surface area contributed by atoms with E-state index in [-0.39, 0.29) is 23.5 Å². The Morgan fingerprint density at radius 3 is 2.48 bits per heavy atom. The molecule has 3 aromatic rings. The summed E-state index contributed by atoms with van der Waals surface area (Å²) in [5, 5.41) is 15.6. The van der Waals surface area contributed by atoms with Gasteiger partial charge in [0, 0.05) is 16.8 Å². The van der Waals surface area contributed by atoms with E-state index >= 15 is 0 Å². The Kier molecular flexibility index (Phi) is 5.11. The molecule has 0 bridgehead atoms. The summed E-state index contributed by atoms with van der Waals surface area (Å²) in [6.45, 7) is 10.3. The van der Waals surface area contributed by atoms with Gasteiger partial charge in [0.05, 0.1) is 17.8 Å². The molecular formula is C21H25N3O2S. The van der Waals surface area contributed by atoms with E-state index in [2.05, 4.69) is 35.6 Å². The molecule has 0 fully saturated rings. The molecule has 3 rings (SSSR count). The zero-order valence-electron chi connectivity index (χ0n) is 16.3. The number of hydrogen-bond donors (Lipinski definition) is 2. The highest BCUT2D eigenvalue weighted by molar-refractivity contribution is 7.12. The first-order valence-electron chi connectivity index (χ1n) is 8.88. The summed E-state index contributed by atoms with van der Waals surface area (Å²) < 4.78 is 2.07. The maximum absolute atomic E-state index is 12.5. The van der Waals surface area contributed by atoms with Gasteiger partial charge in [0.1, 0.15) is 5.75 Å². The third-order valence-corrected chi connectivity index (χ3v) is 5.36. The van der Waals surface area contributed by atoms with Crippen molar-refractivity contribution in [3.05, 3.63) is 58.4 Å². The van der Waals surface area contributed by atoms with Gasteiger partial charge in [-0.05, 0) is 49.1 Å². The summed E-state index contributed by atoms with van der Waals surface area (Å²) in [5.74, 6) is -0.136. The van der Waals surface area contributed by atoms with Crippen molar-refractivity contribution >= 4 is 22.9 Å². The van der Waals surface area contributed by atoms with Crippen LogP contribution in [0.15, 0.2) is 35.7 Å². The fourth-order valence-electron chi connectivity index (χ4n) is 2.91. The van der Waals surface area contributed by atoms with E-state index in [1.165, 1.54) is 11.3 Å². The fourth-order valence-corrected chi connectivity index (χ4v) is 3.85. The first-order chi connectivity index (χ1) is 12.6. The van der Waals surface area contributed by atoms with Crippen LogP contribution in [-0.4, -0.2) is 20.6 Å². The van der Waals surface area contributed by atoms with Crippen LogP contribution in [0.3, 0.4) is 0 Å². The highest BCUT2D eigenvalue weighted by atomic mass is 32.1. The standard InChI is InChI=1S/C21H25N3O2S/c1-13-6-7-14(2)24(13)20-22-16(12-27-20)11-19(26)23-17-10-15(21(3,4)5)8-9-18(17)25/h6-10,12,25H,11H2,1-5H3,(H,23,26). The molecule has 2 heterocycles. The minimum Gasteiger partial charge on any atom is -0.506 e. The number of benzene rings is 1. The number of aryl methyl sites for hydroxylation is 2. The Morgan fingerprint density at radius 1 is 1.19 bits per heavy atom. The number of rotatable bonds is 4. The van der Waals surface area contributed by atoms with Crippen molar-refractivity contribution in [2.45, 2.75) is 46.5 Å². The number of nitrogens with one attached hydrogen (secondary N) is 1. The normalized spacial score (nSPS) is 11.6. The van der Waals surface area contributed by atoms with Crippen LogP contribution < -0.4 is 5.32 Å².